The lowest BCUT2D eigenvalue weighted by atomic mass is 9.77. The fourth-order valence-corrected chi connectivity index (χ4v) is 4.42. The molecule has 7 heteroatoms. The molecule has 4 rings (SSSR count). The van der Waals surface area contributed by atoms with E-state index in [9.17, 15) is 9.90 Å². The topological polar surface area (TPSA) is 74.2 Å². The Morgan fingerprint density at radius 1 is 1.33 bits per heavy atom. The zero-order valence-electron chi connectivity index (χ0n) is 17.2. The maximum absolute atomic E-state index is 12.1. The molecule has 158 valence electrons. The highest BCUT2D eigenvalue weighted by Gasteiger charge is 2.43. The summed E-state index contributed by atoms with van der Waals surface area (Å²) in [6, 6.07) is 13.0. The van der Waals surface area contributed by atoms with E-state index >= 15 is 0 Å². The zero-order chi connectivity index (χ0) is 21.3. The standard InChI is InChI=1S/C23H26ClN3O3/c1-3-10-23(2,22(28)29)20-14-27(12-11-25-20)21-16-6-4-5-7-18(16)30-19-9-8-15(24)13-17(19)26-21/h4-9,13,20,25H,3,10-12,14H2,1-2H3,(H,28,29)/t20?,23-/m0/s1. The Kier molecular flexibility index (Phi) is 5.71. The Bertz CT molecular complexity index is 993. The second-order valence-corrected chi connectivity index (χ2v) is 8.51. The van der Waals surface area contributed by atoms with Crippen LogP contribution < -0.4 is 10.1 Å². The van der Waals surface area contributed by atoms with E-state index in [2.05, 4.69) is 10.2 Å². The number of aliphatic carboxylic acids is 1. The Morgan fingerprint density at radius 3 is 2.90 bits per heavy atom. The maximum Gasteiger partial charge on any atom is 0.311 e. The van der Waals surface area contributed by atoms with Crippen molar-refractivity contribution < 1.29 is 14.6 Å². The molecular formula is C23H26ClN3O3. The third-order valence-electron chi connectivity index (χ3n) is 6.00. The summed E-state index contributed by atoms with van der Waals surface area (Å²) in [5, 5.41) is 14.0. The molecule has 2 aromatic rings. The number of ether oxygens (including phenoxy) is 1. The summed E-state index contributed by atoms with van der Waals surface area (Å²) in [7, 11) is 0. The molecular weight excluding hydrogens is 402 g/mol. The van der Waals surface area contributed by atoms with Gasteiger partial charge in [0, 0.05) is 30.7 Å². The van der Waals surface area contributed by atoms with Crippen molar-refractivity contribution in [3.63, 3.8) is 0 Å². The van der Waals surface area contributed by atoms with Gasteiger partial charge in [0.05, 0.1) is 11.0 Å². The van der Waals surface area contributed by atoms with Crippen molar-refractivity contribution in [1.82, 2.24) is 10.2 Å². The van der Waals surface area contributed by atoms with Gasteiger partial charge >= 0.3 is 5.97 Å². The SMILES string of the molecule is CCC[C@](C)(C(=O)O)C1CN(C2=Nc3cc(Cl)ccc3Oc3ccccc32)CCN1. The number of para-hydroxylation sites is 1. The lowest BCUT2D eigenvalue weighted by Gasteiger charge is -2.42. The first-order valence-electron chi connectivity index (χ1n) is 10.3. The van der Waals surface area contributed by atoms with E-state index < -0.39 is 11.4 Å². The second kappa shape index (κ2) is 8.28. The molecule has 0 saturated carbocycles. The van der Waals surface area contributed by atoms with Crippen LogP contribution in [0.3, 0.4) is 0 Å². The van der Waals surface area contributed by atoms with Crippen LogP contribution in [0.4, 0.5) is 5.69 Å². The predicted molar refractivity (Wildman–Crippen MR) is 118 cm³/mol. The molecule has 2 aromatic carbocycles. The van der Waals surface area contributed by atoms with Crippen molar-refractivity contribution in [3.8, 4) is 11.5 Å². The molecule has 2 atom stereocenters. The number of benzene rings is 2. The average Bonchev–Trinajstić information content (AvgIpc) is 2.90. The van der Waals surface area contributed by atoms with Gasteiger partial charge in [0.1, 0.15) is 17.3 Å². The van der Waals surface area contributed by atoms with E-state index in [0.717, 1.165) is 30.1 Å². The molecule has 0 spiro atoms. The number of nitrogens with one attached hydrogen (secondary N) is 1. The van der Waals surface area contributed by atoms with Crippen LogP contribution in [0.1, 0.15) is 32.3 Å². The fraction of sp³-hybridized carbons (Fsp3) is 0.391. The first-order chi connectivity index (χ1) is 14.4. The molecule has 0 aliphatic carbocycles. The van der Waals surface area contributed by atoms with Gasteiger partial charge in [-0.3, -0.25) is 4.79 Å². The van der Waals surface area contributed by atoms with E-state index in [1.807, 2.05) is 44.2 Å². The van der Waals surface area contributed by atoms with Gasteiger partial charge in [0.15, 0.2) is 5.75 Å². The van der Waals surface area contributed by atoms with Crippen LogP contribution in [0, 0.1) is 5.41 Å². The number of rotatable bonds is 4. The number of halogens is 1. The Balaban J connectivity index is 1.75. The van der Waals surface area contributed by atoms with E-state index in [-0.39, 0.29) is 6.04 Å². The highest BCUT2D eigenvalue weighted by Crippen LogP contribution is 2.40. The lowest BCUT2D eigenvalue weighted by Crippen LogP contribution is -2.60. The number of hydrogen-bond acceptors (Lipinski definition) is 5. The molecule has 0 radical (unpaired) electrons. The predicted octanol–water partition coefficient (Wildman–Crippen LogP) is 4.69. The minimum absolute atomic E-state index is 0.193. The molecule has 1 unspecified atom stereocenters. The van der Waals surface area contributed by atoms with Crippen LogP contribution in [0.25, 0.3) is 0 Å². The van der Waals surface area contributed by atoms with Crippen molar-refractivity contribution in [2.45, 2.75) is 32.7 Å². The summed E-state index contributed by atoms with van der Waals surface area (Å²) in [6.07, 6.45) is 1.42. The van der Waals surface area contributed by atoms with Crippen LogP contribution in [0.2, 0.25) is 5.02 Å². The largest absolute Gasteiger partial charge is 0.481 e. The van der Waals surface area contributed by atoms with Crippen molar-refractivity contribution in [3.05, 3.63) is 53.1 Å². The Labute approximate surface area is 181 Å². The summed E-state index contributed by atoms with van der Waals surface area (Å²) in [4.78, 5) is 19.2. The molecule has 0 bridgehead atoms. The Morgan fingerprint density at radius 2 is 2.13 bits per heavy atom. The van der Waals surface area contributed by atoms with Crippen LogP contribution >= 0.6 is 11.6 Å². The monoisotopic (exact) mass is 427 g/mol. The maximum atomic E-state index is 12.1. The minimum Gasteiger partial charge on any atom is -0.481 e. The number of piperazine rings is 1. The van der Waals surface area contributed by atoms with Crippen LogP contribution in [-0.2, 0) is 4.79 Å². The summed E-state index contributed by atoms with van der Waals surface area (Å²) < 4.78 is 6.14. The normalized spacial score (nSPS) is 20.2. The molecule has 1 saturated heterocycles. The van der Waals surface area contributed by atoms with Crippen molar-refractivity contribution in [2.75, 3.05) is 19.6 Å². The molecule has 2 aliphatic rings. The van der Waals surface area contributed by atoms with E-state index in [4.69, 9.17) is 21.3 Å². The minimum atomic E-state index is -0.851. The van der Waals surface area contributed by atoms with Crippen molar-refractivity contribution in [1.29, 1.82) is 0 Å². The molecule has 0 amide bonds. The van der Waals surface area contributed by atoms with Crippen LogP contribution in [0.15, 0.2) is 47.5 Å². The van der Waals surface area contributed by atoms with Gasteiger partial charge in [-0.25, -0.2) is 4.99 Å². The zero-order valence-corrected chi connectivity index (χ0v) is 17.9. The van der Waals surface area contributed by atoms with Gasteiger partial charge in [0.25, 0.3) is 0 Å². The van der Waals surface area contributed by atoms with E-state index in [1.165, 1.54) is 0 Å². The number of hydrogen-bond donors (Lipinski definition) is 2. The summed E-state index contributed by atoms with van der Waals surface area (Å²) in [6.45, 7) is 5.81. The number of carboxylic acids is 1. The van der Waals surface area contributed by atoms with Gasteiger partial charge in [-0.05, 0) is 43.7 Å². The second-order valence-electron chi connectivity index (χ2n) is 8.07. The highest BCUT2D eigenvalue weighted by molar-refractivity contribution is 6.31. The molecule has 1 fully saturated rings. The van der Waals surface area contributed by atoms with Crippen LogP contribution in [0.5, 0.6) is 11.5 Å². The van der Waals surface area contributed by atoms with Crippen molar-refractivity contribution >= 4 is 29.1 Å². The van der Waals surface area contributed by atoms with Gasteiger partial charge < -0.3 is 20.1 Å². The third kappa shape index (κ3) is 3.77. The quantitative estimate of drug-likeness (QED) is 0.740. The number of amidine groups is 1. The number of nitrogens with zero attached hydrogens (tertiary/aromatic N) is 2. The lowest BCUT2D eigenvalue weighted by molar-refractivity contribution is -0.151. The smallest absolute Gasteiger partial charge is 0.311 e. The first-order valence-corrected chi connectivity index (χ1v) is 10.7. The number of carboxylic acid groups (broad SMARTS) is 1. The van der Waals surface area contributed by atoms with E-state index in [1.54, 1.807) is 12.1 Å². The Hall–Kier alpha value is -2.57. The summed E-state index contributed by atoms with van der Waals surface area (Å²) in [5.74, 6) is 1.38. The van der Waals surface area contributed by atoms with Gasteiger partial charge in [-0.1, -0.05) is 37.1 Å². The highest BCUT2D eigenvalue weighted by atomic mass is 35.5. The van der Waals surface area contributed by atoms with Gasteiger partial charge in [0.2, 0.25) is 0 Å². The molecule has 0 aromatic heterocycles. The molecule has 2 N–H and O–H groups in total. The number of aliphatic imine (C=N–C) groups is 1. The number of carbonyl (C=O) groups is 1. The summed E-state index contributed by atoms with van der Waals surface area (Å²) in [5.41, 5.74) is 0.701. The van der Waals surface area contributed by atoms with Crippen molar-refractivity contribution in [2.24, 2.45) is 10.4 Å². The fourth-order valence-electron chi connectivity index (χ4n) is 4.26. The molecule has 6 nitrogen and oxygen atoms in total. The number of fused-ring (bicyclic) bond motifs is 2. The summed E-state index contributed by atoms with van der Waals surface area (Å²) >= 11 is 6.21. The van der Waals surface area contributed by atoms with E-state index in [0.29, 0.717) is 36.0 Å². The van der Waals surface area contributed by atoms with Gasteiger partial charge in [-0.2, -0.15) is 0 Å². The van der Waals surface area contributed by atoms with Crippen LogP contribution in [-0.4, -0.2) is 47.5 Å². The first kappa shape index (κ1) is 20.7. The third-order valence-corrected chi connectivity index (χ3v) is 6.23. The average molecular weight is 428 g/mol. The van der Waals surface area contributed by atoms with Gasteiger partial charge in [-0.15, -0.1) is 0 Å². The molecule has 2 aliphatic heterocycles. The molecule has 2 heterocycles. The molecule has 30 heavy (non-hydrogen) atoms.